The average molecular weight is 1190 g/mol. The predicted molar refractivity (Wildman–Crippen MR) is 325 cm³/mol. The van der Waals surface area contributed by atoms with Gasteiger partial charge in [-0.05, 0) is 100 Å². The van der Waals surface area contributed by atoms with E-state index in [1.54, 1.807) is 90.7 Å². The molecule has 0 radical (unpaired) electrons. The molecule has 15 N–H and O–H groups in total. The number of likely N-dealkylation sites (N-methyl/N-ethyl adjacent to an activating group) is 2. The Labute approximate surface area is 494 Å². The number of anilines is 5. The summed E-state index contributed by atoms with van der Waals surface area (Å²) in [4.78, 5) is 83.2. The summed E-state index contributed by atoms with van der Waals surface area (Å²) in [5, 5.41) is 93.1. The number of nitrogens with zero attached hydrogens (tertiary/aromatic N) is 2. The van der Waals surface area contributed by atoms with Crippen LogP contribution in [-0.2, 0) is 19.1 Å². The van der Waals surface area contributed by atoms with Crippen LogP contribution in [0.2, 0.25) is 0 Å². The molecule has 0 saturated carbocycles. The van der Waals surface area contributed by atoms with Gasteiger partial charge in [0.15, 0.2) is 0 Å². The van der Waals surface area contributed by atoms with Gasteiger partial charge in [0.25, 0.3) is 11.8 Å². The maximum Gasteiger partial charge on any atom is 0.341 e. The molecule has 0 saturated heterocycles. The number of aliphatic carboxylic acids is 2. The van der Waals surface area contributed by atoms with E-state index in [0.717, 1.165) is 49.8 Å². The van der Waals surface area contributed by atoms with E-state index >= 15 is 0 Å². The van der Waals surface area contributed by atoms with Gasteiger partial charge in [-0.15, -0.1) is 0 Å². The zero-order chi connectivity index (χ0) is 64.2. The number of aromatic carboxylic acids is 1. The number of benzene rings is 5. The van der Waals surface area contributed by atoms with Gasteiger partial charge in [0.2, 0.25) is 0 Å². The summed E-state index contributed by atoms with van der Waals surface area (Å²) in [6, 6.07) is 21.6. The molecule has 5 aromatic rings. The molecule has 26 nitrogen and oxygen atoms in total. The summed E-state index contributed by atoms with van der Waals surface area (Å²) in [6.45, 7) is 16.5. The lowest BCUT2D eigenvalue weighted by atomic mass is 10.1. The van der Waals surface area contributed by atoms with E-state index in [1.165, 1.54) is 42.5 Å². The van der Waals surface area contributed by atoms with Gasteiger partial charge in [0.1, 0.15) is 58.1 Å². The van der Waals surface area contributed by atoms with E-state index in [2.05, 4.69) is 74.7 Å². The fourth-order valence-electron chi connectivity index (χ4n) is 7.16. The lowest BCUT2D eigenvalue weighted by Gasteiger charge is -2.18. The molecule has 85 heavy (non-hydrogen) atoms. The molecule has 0 aromatic heterocycles. The molecule has 5 aromatic carbocycles. The number of aromatic hydroxyl groups is 5. The van der Waals surface area contributed by atoms with E-state index in [0.29, 0.717) is 43.2 Å². The van der Waals surface area contributed by atoms with Crippen molar-refractivity contribution < 1.29 is 83.9 Å². The maximum atomic E-state index is 11.9. The van der Waals surface area contributed by atoms with Crippen molar-refractivity contribution in [2.24, 2.45) is 0 Å². The fourth-order valence-corrected chi connectivity index (χ4v) is 7.16. The summed E-state index contributed by atoms with van der Waals surface area (Å²) in [5.41, 5.74) is 4.04. The molecular weight excluding hydrogens is 1110 g/mol. The van der Waals surface area contributed by atoms with Gasteiger partial charge < -0.3 is 97.3 Å². The molecule has 5 rings (SSSR count). The molecule has 0 aliphatic carbocycles. The number of phenols is 5. The number of phenolic OH excluding ortho intramolecular Hbond substituents is 4. The Kier molecular flexibility index (Phi) is 34.2. The number of esters is 2. The third-order valence-corrected chi connectivity index (χ3v) is 12.3. The van der Waals surface area contributed by atoms with Gasteiger partial charge in [0, 0.05) is 120 Å². The molecule has 0 heterocycles. The highest BCUT2D eigenvalue weighted by atomic mass is 16.5. The van der Waals surface area contributed by atoms with Gasteiger partial charge in [-0.3, -0.25) is 14.4 Å². The lowest BCUT2D eigenvalue weighted by molar-refractivity contribution is -0.140. The minimum Gasteiger partial charge on any atom is -0.507 e. The van der Waals surface area contributed by atoms with Gasteiger partial charge in [-0.25, -0.2) is 19.2 Å². The van der Waals surface area contributed by atoms with Crippen LogP contribution >= 0.6 is 0 Å². The number of carboxylic acids is 3. The van der Waals surface area contributed by atoms with Crippen molar-refractivity contribution in [3.05, 3.63) is 119 Å². The Balaban J connectivity index is 0.000000538. The van der Waals surface area contributed by atoms with Crippen molar-refractivity contribution in [3.63, 3.8) is 0 Å². The molecule has 0 fully saturated rings. The molecule has 466 valence electrons. The minimum absolute atomic E-state index is 0.00723. The topological polar surface area (TPSA) is 390 Å². The maximum absolute atomic E-state index is 11.9. The van der Waals surface area contributed by atoms with Crippen LogP contribution in [0.4, 0.5) is 28.4 Å². The number of rotatable bonds is 26. The molecule has 2 amide bonds. The van der Waals surface area contributed by atoms with E-state index in [-0.39, 0.29) is 69.8 Å². The first-order valence-electron chi connectivity index (χ1n) is 27.0. The Morgan fingerprint density at radius 3 is 1.12 bits per heavy atom. The average Bonchev–Trinajstić information content (AvgIpc) is 3.70. The van der Waals surface area contributed by atoms with Crippen LogP contribution < -0.4 is 37.2 Å². The lowest BCUT2D eigenvalue weighted by Crippen LogP contribution is -2.41. The standard InChI is InChI=1S/C14H23N3O2.C14H22N2O3.C13H16N2O6.C10H13NO3.C8H9NO3/c1-4-17(5-2)9-8-16-14(19)12-7-6-11(15-3)10-13(12)18;1-4-16(5-2)8-9-19-14(18)12-7-6-11(15-3)10-13(12)17;1-14-7-2-3-8(10(16)6-7)12(19)15-9(13(20)21)4-5-11(17)18;1-3-14-10(13)8-5-4-7(11-2)6-9(8)12;1-9-5-2-3-6(8(11)12)7(10)4-5/h6-7,10,15,18H,4-5,8-9H2,1-3H3,(H,16,19);6-7,10,15,17H,4-5,8-9H2,1-3H3;2-3,6,9,14,16H,4-5H2,1H3,(H,15,19)(H,17,18)(H,20,21);4-6,11-12H,3H2,1-2H3;2-4,9-10H,1H3,(H,11,12)/t;;9-;;/m..0../s1. The molecule has 0 aliphatic heterocycles. The van der Waals surface area contributed by atoms with Crippen LogP contribution in [0.1, 0.15) is 99.3 Å². The number of carbonyl (C=O) groups excluding carboxylic acids is 4. The van der Waals surface area contributed by atoms with E-state index < -0.39 is 41.8 Å². The third-order valence-electron chi connectivity index (χ3n) is 12.3. The molecule has 0 bridgehead atoms. The second-order valence-corrected chi connectivity index (χ2v) is 17.7. The predicted octanol–water partition coefficient (Wildman–Crippen LogP) is 6.66. The first kappa shape index (κ1) is 73.3. The SMILES string of the molecule is CCN(CC)CCNC(=O)c1ccc(NC)cc1O.CCN(CC)CCOC(=O)c1ccc(NC)cc1O.CCOC(=O)c1ccc(NC)cc1O.CNc1ccc(C(=O)N[C@@H](CCC(=O)O)C(=O)O)c(O)c1.CNc1ccc(C(=O)O)c(O)c1. The highest BCUT2D eigenvalue weighted by Crippen LogP contribution is 2.26. The number of carbonyl (C=O) groups is 7. The number of carboxylic acid groups (broad SMARTS) is 3. The number of nitrogens with one attached hydrogen (secondary N) is 7. The highest BCUT2D eigenvalue weighted by Gasteiger charge is 2.23. The zero-order valence-electron chi connectivity index (χ0n) is 49.7. The summed E-state index contributed by atoms with van der Waals surface area (Å²) in [6.07, 6.45) is -0.631. The van der Waals surface area contributed by atoms with Crippen molar-refractivity contribution in [2.75, 3.05) is 121 Å². The Hall–Kier alpha value is -9.69. The second kappa shape index (κ2) is 39.7. The van der Waals surface area contributed by atoms with Gasteiger partial charge in [-0.1, -0.05) is 27.7 Å². The smallest absolute Gasteiger partial charge is 0.341 e. The number of ether oxygens (including phenoxy) is 2. The normalized spacial score (nSPS) is 10.4. The van der Waals surface area contributed by atoms with Crippen molar-refractivity contribution in [1.82, 2.24) is 20.4 Å². The summed E-state index contributed by atoms with van der Waals surface area (Å²) in [5.74, 6) is -6.33. The highest BCUT2D eigenvalue weighted by molar-refractivity contribution is 6.00. The Bertz CT molecular complexity index is 2860. The van der Waals surface area contributed by atoms with Gasteiger partial charge in [-0.2, -0.15) is 0 Å². The van der Waals surface area contributed by atoms with Crippen molar-refractivity contribution in [2.45, 2.75) is 53.5 Å². The molecule has 0 unspecified atom stereocenters. The van der Waals surface area contributed by atoms with Crippen LogP contribution in [0.5, 0.6) is 28.7 Å². The monoisotopic (exact) mass is 1190 g/mol. The molecule has 1 atom stereocenters. The molecule has 26 heteroatoms. The van der Waals surface area contributed by atoms with E-state index in [1.807, 2.05) is 0 Å². The Morgan fingerprint density at radius 2 is 0.800 bits per heavy atom. The van der Waals surface area contributed by atoms with Crippen LogP contribution in [0.3, 0.4) is 0 Å². The molecular formula is C59H83N9O17. The van der Waals surface area contributed by atoms with Gasteiger partial charge in [0.05, 0.1) is 17.7 Å². The van der Waals surface area contributed by atoms with Crippen LogP contribution in [-0.4, -0.2) is 193 Å². The molecule has 0 spiro atoms. The summed E-state index contributed by atoms with van der Waals surface area (Å²) in [7, 11) is 8.57. The van der Waals surface area contributed by atoms with Crippen molar-refractivity contribution >= 4 is 70.1 Å². The quantitative estimate of drug-likeness (QED) is 0.0257. The number of hydrogen-bond acceptors (Lipinski definition) is 21. The van der Waals surface area contributed by atoms with Gasteiger partial charge >= 0.3 is 29.8 Å². The third kappa shape index (κ3) is 26.4. The zero-order valence-corrected chi connectivity index (χ0v) is 49.7. The largest absolute Gasteiger partial charge is 0.507 e. The van der Waals surface area contributed by atoms with Crippen molar-refractivity contribution in [3.8, 4) is 28.7 Å². The number of hydrogen-bond donors (Lipinski definition) is 15. The first-order chi connectivity index (χ1) is 40.4. The number of amides is 2. The fraction of sp³-hybridized carbons (Fsp3) is 0.373. The van der Waals surface area contributed by atoms with Crippen LogP contribution in [0, 0.1) is 0 Å². The van der Waals surface area contributed by atoms with Crippen LogP contribution in [0.15, 0.2) is 91.0 Å². The van der Waals surface area contributed by atoms with Crippen LogP contribution in [0.25, 0.3) is 0 Å². The van der Waals surface area contributed by atoms with E-state index in [9.17, 15) is 59.1 Å². The summed E-state index contributed by atoms with van der Waals surface area (Å²) < 4.78 is 9.92. The second-order valence-electron chi connectivity index (χ2n) is 17.7. The molecule has 0 aliphatic rings. The first-order valence-corrected chi connectivity index (χ1v) is 27.0. The van der Waals surface area contributed by atoms with E-state index in [4.69, 9.17) is 24.8 Å². The van der Waals surface area contributed by atoms with Crippen molar-refractivity contribution in [1.29, 1.82) is 0 Å². The minimum atomic E-state index is -1.34. The summed E-state index contributed by atoms with van der Waals surface area (Å²) >= 11 is 0. The Morgan fingerprint density at radius 1 is 0.459 bits per heavy atom.